The normalized spacial score (nSPS) is 12.4. The van der Waals surface area contributed by atoms with Crippen molar-refractivity contribution in [2.75, 3.05) is 5.32 Å². The zero-order valence-electron chi connectivity index (χ0n) is 10.8. The molecule has 2 aromatic rings. The van der Waals surface area contributed by atoms with Gasteiger partial charge in [-0.05, 0) is 19.9 Å². The molecule has 18 heavy (non-hydrogen) atoms. The quantitative estimate of drug-likeness (QED) is 0.851. The molecule has 1 unspecified atom stereocenters. The van der Waals surface area contributed by atoms with Gasteiger partial charge in [0.2, 0.25) is 0 Å². The molecule has 1 aromatic heterocycles. The molecule has 0 aliphatic rings. The molecule has 0 saturated heterocycles. The van der Waals surface area contributed by atoms with Gasteiger partial charge in [0.05, 0.1) is 24.7 Å². The van der Waals surface area contributed by atoms with E-state index in [1.165, 1.54) is 0 Å². The Hall–Kier alpha value is -1.81. The second-order valence-corrected chi connectivity index (χ2v) is 4.29. The molecule has 0 aliphatic carbocycles. The van der Waals surface area contributed by atoms with Crippen molar-refractivity contribution >= 4 is 5.69 Å². The number of nitrogens with zero attached hydrogens (tertiary/aromatic N) is 2. The lowest BCUT2D eigenvalue weighted by atomic mass is 10.1. The van der Waals surface area contributed by atoms with Gasteiger partial charge in [0.1, 0.15) is 0 Å². The third-order valence-corrected chi connectivity index (χ3v) is 3.01. The molecule has 4 heteroatoms. The van der Waals surface area contributed by atoms with Crippen LogP contribution in [-0.4, -0.2) is 14.7 Å². The minimum absolute atomic E-state index is 0.468. The van der Waals surface area contributed by atoms with Crippen molar-refractivity contribution in [3.05, 3.63) is 48.0 Å². The summed E-state index contributed by atoms with van der Waals surface area (Å²) in [5.41, 5.74) is 3.02. The molecule has 1 aromatic carbocycles. The van der Waals surface area contributed by atoms with Crippen LogP contribution in [0.1, 0.15) is 31.2 Å². The van der Waals surface area contributed by atoms with Crippen molar-refractivity contribution in [2.45, 2.75) is 33.0 Å². The van der Waals surface area contributed by atoms with E-state index in [0.717, 1.165) is 23.5 Å². The van der Waals surface area contributed by atoms with E-state index in [1.807, 2.05) is 36.8 Å². The number of nitrogens with one attached hydrogen (secondary N) is 1. The Morgan fingerprint density at radius 3 is 2.89 bits per heavy atom. The van der Waals surface area contributed by atoms with Crippen LogP contribution in [0, 0.1) is 0 Å². The first-order valence-corrected chi connectivity index (χ1v) is 6.22. The van der Waals surface area contributed by atoms with E-state index in [2.05, 4.69) is 21.8 Å². The zero-order chi connectivity index (χ0) is 13.0. The molecule has 4 nitrogen and oxygen atoms in total. The minimum atomic E-state index is -0.468. The molecular formula is C14H19N3O. The van der Waals surface area contributed by atoms with Crippen LogP contribution in [-0.2, 0) is 13.1 Å². The molecule has 2 N–H and O–H groups in total. The summed E-state index contributed by atoms with van der Waals surface area (Å²) in [6, 6.07) is 7.81. The van der Waals surface area contributed by atoms with Crippen LogP contribution in [0.5, 0.6) is 0 Å². The van der Waals surface area contributed by atoms with E-state index in [4.69, 9.17) is 0 Å². The number of imidazole rings is 1. The van der Waals surface area contributed by atoms with E-state index in [-0.39, 0.29) is 0 Å². The molecule has 0 saturated carbocycles. The van der Waals surface area contributed by atoms with E-state index < -0.39 is 6.10 Å². The zero-order valence-corrected chi connectivity index (χ0v) is 10.8. The first-order chi connectivity index (χ1) is 8.72. The van der Waals surface area contributed by atoms with Crippen LogP contribution < -0.4 is 5.32 Å². The molecule has 1 atom stereocenters. The van der Waals surface area contributed by atoms with E-state index in [0.29, 0.717) is 6.54 Å². The topological polar surface area (TPSA) is 50.1 Å². The number of benzene rings is 1. The Kier molecular flexibility index (Phi) is 3.99. The van der Waals surface area contributed by atoms with Crippen molar-refractivity contribution in [1.29, 1.82) is 0 Å². The minimum Gasteiger partial charge on any atom is -0.389 e. The summed E-state index contributed by atoms with van der Waals surface area (Å²) in [4.78, 5) is 4.14. The van der Waals surface area contributed by atoms with Crippen molar-refractivity contribution in [3.8, 4) is 0 Å². The Morgan fingerprint density at radius 1 is 1.39 bits per heavy atom. The number of aliphatic hydroxyl groups excluding tert-OH is 1. The number of hydrogen-bond donors (Lipinski definition) is 2. The molecule has 0 radical (unpaired) electrons. The molecule has 0 spiro atoms. The second-order valence-electron chi connectivity index (χ2n) is 4.29. The summed E-state index contributed by atoms with van der Waals surface area (Å²) in [5, 5.41) is 13.1. The molecule has 0 bridgehead atoms. The van der Waals surface area contributed by atoms with Gasteiger partial charge in [-0.15, -0.1) is 0 Å². The maximum absolute atomic E-state index is 9.70. The van der Waals surface area contributed by atoms with E-state index in [9.17, 15) is 5.11 Å². The highest BCUT2D eigenvalue weighted by Crippen LogP contribution is 2.22. The first kappa shape index (κ1) is 12.6. The fourth-order valence-corrected chi connectivity index (χ4v) is 1.99. The summed E-state index contributed by atoms with van der Waals surface area (Å²) >= 11 is 0. The predicted octanol–water partition coefficient (Wildman–Crippen LogP) is 2.57. The molecule has 0 amide bonds. The Morgan fingerprint density at radius 2 is 2.17 bits per heavy atom. The summed E-state index contributed by atoms with van der Waals surface area (Å²) in [6.45, 7) is 5.48. The van der Waals surface area contributed by atoms with Crippen molar-refractivity contribution < 1.29 is 5.11 Å². The summed E-state index contributed by atoms with van der Waals surface area (Å²) in [5.74, 6) is 0. The van der Waals surface area contributed by atoms with Crippen molar-refractivity contribution in [1.82, 2.24) is 9.55 Å². The molecule has 0 fully saturated rings. The summed E-state index contributed by atoms with van der Waals surface area (Å²) < 4.78 is 2.10. The molecule has 2 rings (SSSR count). The lowest BCUT2D eigenvalue weighted by Crippen LogP contribution is -2.08. The van der Waals surface area contributed by atoms with Gasteiger partial charge in [-0.2, -0.15) is 0 Å². The van der Waals surface area contributed by atoms with E-state index in [1.54, 1.807) is 6.92 Å². The second kappa shape index (κ2) is 5.69. The Labute approximate surface area is 107 Å². The van der Waals surface area contributed by atoms with Crippen molar-refractivity contribution in [2.24, 2.45) is 0 Å². The van der Waals surface area contributed by atoms with Gasteiger partial charge < -0.3 is 15.0 Å². The number of rotatable bonds is 5. The molecule has 1 heterocycles. The average molecular weight is 245 g/mol. The van der Waals surface area contributed by atoms with Crippen LogP contribution in [0.4, 0.5) is 5.69 Å². The van der Waals surface area contributed by atoms with Gasteiger partial charge in [-0.25, -0.2) is 4.98 Å². The molecular weight excluding hydrogens is 226 g/mol. The maximum atomic E-state index is 9.70. The van der Waals surface area contributed by atoms with Crippen LogP contribution in [0.15, 0.2) is 36.8 Å². The van der Waals surface area contributed by atoms with Crippen LogP contribution in [0.2, 0.25) is 0 Å². The highest BCUT2D eigenvalue weighted by molar-refractivity contribution is 5.52. The van der Waals surface area contributed by atoms with Gasteiger partial charge in [0.25, 0.3) is 0 Å². The van der Waals surface area contributed by atoms with Gasteiger partial charge in [-0.3, -0.25) is 0 Å². The Balaban J connectivity index is 2.11. The fourth-order valence-electron chi connectivity index (χ4n) is 1.99. The highest BCUT2D eigenvalue weighted by atomic mass is 16.3. The molecule has 96 valence electrons. The fraction of sp³-hybridized carbons (Fsp3) is 0.357. The number of para-hydroxylation sites is 1. The SMILES string of the molecule is CCn1cncc1CNc1ccccc1C(C)O. The lowest BCUT2D eigenvalue weighted by Gasteiger charge is -2.14. The van der Waals surface area contributed by atoms with Crippen LogP contribution in [0.25, 0.3) is 0 Å². The Bertz CT molecular complexity index is 505. The first-order valence-electron chi connectivity index (χ1n) is 6.22. The number of hydrogen-bond acceptors (Lipinski definition) is 3. The number of aryl methyl sites for hydroxylation is 1. The van der Waals surface area contributed by atoms with Gasteiger partial charge in [0.15, 0.2) is 0 Å². The third kappa shape index (κ3) is 2.71. The average Bonchev–Trinajstić information content (AvgIpc) is 2.84. The monoisotopic (exact) mass is 245 g/mol. The predicted molar refractivity (Wildman–Crippen MR) is 72.3 cm³/mol. The summed E-state index contributed by atoms with van der Waals surface area (Å²) in [7, 11) is 0. The lowest BCUT2D eigenvalue weighted by molar-refractivity contribution is 0.200. The van der Waals surface area contributed by atoms with Gasteiger partial charge >= 0.3 is 0 Å². The largest absolute Gasteiger partial charge is 0.389 e. The summed E-state index contributed by atoms with van der Waals surface area (Å²) in [6.07, 6.45) is 3.23. The standard InChI is InChI=1S/C14H19N3O/c1-3-17-10-15-8-12(17)9-16-14-7-5-4-6-13(14)11(2)18/h4-8,10-11,16,18H,3,9H2,1-2H3. The van der Waals surface area contributed by atoms with E-state index >= 15 is 0 Å². The highest BCUT2D eigenvalue weighted by Gasteiger charge is 2.07. The third-order valence-electron chi connectivity index (χ3n) is 3.01. The van der Waals surface area contributed by atoms with Gasteiger partial charge in [-0.1, -0.05) is 18.2 Å². The number of aliphatic hydroxyl groups is 1. The van der Waals surface area contributed by atoms with Crippen LogP contribution >= 0.6 is 0 Å². The van der Waals surface area contributed by atoms with Crippen LogP contribution in [0.3, 0.4) is 0 Å². The smallest absolute Gasteiger partial charge is 0.0948 e. The maximum Gasteiger partial charge on any atom is 0.0948 e. The number of anilines is 1. The number of aromatic nitrogens is 2. The van der Waals surface area contributed by atoms with Gasteiger partial charge in [0, 0.05) is 24.0 Å². The van der Waals surface area contributed by atoms with Crippen molar-refractivity contribution in [3.63, 3.8) is 0 Å². The molecule has 0 aliphatic heterocycles.